The zero-order chi connectivity index (χ0) is 19.8. The first-order valence-corrected chi connectivity index (χ1v) is 9.93. The van der Waals surface area contributed by atoms with E-state index in [9.17, 15) is 14.4 Å². The zero-order valence-electron chi connectivity index (χ0n) is 15.9. The molecule has 0 bridgehead atoms. The van der Waals surface area contributed by atoms with Gasteiger partial charge in [0.2, 0.25) is 5.91 Å². The van der Waals surface area contributed by atoms with Gasteiger partial charge in [0, 0.05) is 12.6 Å². The second-order valence-electron chi connectivity index (χ2n) is 6.24. The largest absolute Gasteiger partial charge is 0.469 e. The van der Waals surface area contributed by atoms with E-state index in [1.165, 1.54) is 23.4 Å². The van der Waals surface area contributed by atoms with Gasteiger partial charge in [0.05, 0.1) is 30.2 Å². The third-order valence-corrected chi connectivity index (χ3v) is 5.03. The van der Waals surface area contributed by atoms with Crippen LogP contribution in [0, 0.1) is 0 Å². The van der Waals surface area contributed by atoms with Crippen LogP contribution in [0.1, 0.15) is 33.1 Å². The summed E-state index contributed by atoms with van der Waals surface area (Å²) in [5.74, 6) is -0.364. The number of ether oxygens (including phenoxy) is 1. The van der Waals surface area contributed by atoms with Gasteiger partial charge in [-0.2, -0.15) is 0 Å². The van der Waals surface area contributed by atoms with E-state index in [1.54, 1.807) is 24.3 Å². The van der Waals surface area contributed by atoms with Gasteiger partial charge in [0.1, 0.15) is 0 Å². The molecule has 0 radical (unpaired) electrons. The number of nitrogens with zero attached hydrogens (tertiary/aromatic N) is 2. The van der Waals surface area contributed by atoms with Crippen molar-refractivity contribution in [2.45, 2.75) is 50.9 Å². The molecule has 1 N–H and O–H groups in total. The minimum atomic E-state index is -0.405. The van der Waals surface area contributed by atoms with Crippen molar-refractivity contribution in [3.05, 3.63) is 34.6 Å². The van der Waals surface area contributed by atoms with Gasteiger partial charge < -0.3 is 10.1 Å². The monoisotopic (exact) mass is 391 g/mol. The number of benzene rings is 1. The fourth-order valence-electron chi connectivity index (χ4n) is 2.71. The van der Waals surface area contributed by atoms with Crippen molar-refractivity contribution in [1.29, 1.82) is 0 Å². The molecule has 1 amide bonds. The summed E-state index contributed by atoms with van der Waals surface area (Å²) in [6, 6.07) is 7.14. The van der Waals surface area contributed by atoms with Crippen LogP contribution >= 0.6 is 11.8 Å². The highest BCUT2D eigenvalue weighted by molar-refractivity contribution is 7.99. The predicted molar refractivity (Wildman–Crippen MR) is 106 cm³/mol. The summed E-state index contributed by atoms with van der Waals surface area (Å²) in [6.07, 6.45) is 1.96. The molecule has 146 valence electrons. The highest BCUT2D eigenvalue weighted by atomic mass is 32.2. The summed E-state index contributed by atoms with van der Waals surface area (Å²) in [7, 11) is 1.31. The molecule has 8 heteroatoms. The molecule has 0 aliphatic heterocycles. The molecule has 1 aromatic heterocycles. The number of carbonyl (C=O) groups excluding carboxylic acids is 2. The molecule has 1 heterocycles. The molecular weight excluding hydrogens is 366 g/mol. The number of nitrogens with one attached hydrogen (secondary N) is 1. The van der Waals surface area contributed by atoms with E-state index in [4.69, 9.17) is 0 Å². The third-order valence-electron chi connectivity index (χ3n) is 4.06. The summed E-state index contributed by atoms with van der Waals surface area (Å²) in [5.41, 5.74) is 0.339. The number of carbonyl (C=O) groups is 2. The lowest BCUT2D eigenvalue weighted by molar-refractivity contribution is -0.140. The Morgan fingerprint density at radius 1 is 1.33 bits per heavy atom. The number of fused-ring (bicyclic) bond motifs is 1. The molecule has 2 rings (SSSR count). The second-order valence-corrected chi connectivity index (χ2v) is 7.18. The highest BCUT2D eigenvalue weighted by Crippen LogP contribution is 2.18. The Morgan fingerprint density at radius 2 is 2.07 bits per heavy atom. The van der Waals surface area contributed by atoms with E-state index in [0.717, 1.165) is 12.8 Å². The van der Waals surface area contributed by atoms with Crippen LogP contribution in [0.4, 0.5) is 0 Å². The van der Waals surface area contributed by atoms with Crippen LogP contribution in [0.5, 0.6) is 0 Å². The maximum Gasteiger partial charge on any atom is 0.307 e. The van der Waals surface area contributed by atoms with Crippen LogP contribution in [-0.2, 0) is 20.9 Å². The van der Waals surface area contributed by atoms with E-state index in [-0.39, 0.29) is 36.2 Å². The number of methoxy groups -OCH3 is 1. The number of aromatic nitrogens is 2. The van der Waals surface area contributed by atoms with Crippen LogP contribution < -0.4 is 10.9 Å². The smallest absolute Gasteiger partial charge is 0.307 e. The van der Waals surface area contributed by atoms with Crippen molar-refractivity contribution in [2.75, 3.05) is 12.9 Å². The number of hydrogen-bond acceptors (Lipinski definition) is 6. The summed E-state index contributed by atoms with van der Waals surface area (Å²) >= 11 is 1.19. The SMILES string of the molecule is CCC[C@@H](C)NC(=O)CSc1nc2ccccc2c(=O)n1CCC(=O)OC. The van der Waals surface area contributed by atoms with Gasteiger partial charge >= 0.3 is 5.97 Å². The molecule has 0 aliphatic rings. The van der Waals surface area contributed by atoms with Gasteiger partial charge in [-0.05, 0) is 25.5 Å². The lowest BCUT2D eigenvalue weighted by atomic mass is 10.2. The van der Waals surface area contributed by atoms with Crippen LogP contribution in [0.2, 0.25) is 0 Å². The maximum atomic E-state index is 12.8. The first kappa shape index (κ1) is 21.0. The maximum absolute atomic E-state index is 12.8. The molecule has 0 saturated carbocycles. The lowest BCUT2D eigenvalue weighted by Crippen LogP contribution is -2.34. The van der Waals surface area contributed by atoms with Crippen molar-refractivity contribution < 1.29 is 14.3 Å². The Balaban J connectivity index is 2.23. The van der Waals surface area contributed by atoms with Gasteiger partial charge in [-0.3, -0.25) is 19.0 Å². The first-order valence-electron chi connectivity index (χ1n) is 8.94. The van der Waals surface area contributed by atoms with Crippen molar-refractivity contribution >= 4 is 34.5 Å². The molecule has 2 aromatic rings. The molecule has 27 heavy (non-hydrogen) atoms. The Hall–Kier alpha value is -2.35. The summed E-state index contributed by atoms with van der Waals surface area (Å²) in [6.45, 7) is 4.18. The van der Waals surface area contributed by atoms with E-state index in [1.807, 2.05) is 6.92 Å². The first-order chi connectivity index (χ1) is 13.0. The Bertz CT molecular complexity index is 866. The predicted octanol–water partition coefficient (Wildman–Crippen LogP) is 2.36. The summed E-state index contributed by atoms with van der Waals surface area (Å²) in [5, 5.41) is 3.83. The second kappa shape index (κ2) is 10.1. The van der Waals surface area contributed by atoms with Gasteiger partial charge in [0.25, 0.3) is 5.56 Å². The van der Waals surface area contributed by atoms with E-state index >= 15 is 0 Å². The van der Waals surface area contributed by atoms with Crippen molar-refractivity contribution in [1.82, 2.24) is 14.9 Å². The Labute approximate surface area is 162 Å². The molecule has 0 fully saturated rings. The number of hydrogen-bond donors (Lipinski definition) is 1. The molecular formula is C19H25N3O4S. The van der Waals surface area contributed by atoms with Gasteiger partial charge in [-0.25, -0.2) is 4.98 Å². The quantitative estimate of drug-likeness (QED) is 0.401. The van der Waals surface area contributed by atoms with Crippen LogP contribution in [0.3, 0.4) is 0 Å². The Morgan fingerprint density at radius 3 is 2.78 bits per heavy atom. The molecule has 0 saturated heterocycles. The fourth-order valence-corrected chi connectivity index (χ4v) is 3.55. The molecule has 1 aromatic carbocycles. The summed E-state index contributed by atoms with van der Waals surface area (Å²) in [4.78, 5) is 41.0. The third kappa shape index (κ3) is 5.82. The minimum absolute atomic E-state index is 0.0592. The van der Waals surface area contributed by atoms with Gasteiger partial charge in [-0.15, -0.1) is 0 Å². The zero-order valence-corrected chi connectivity index (χ0v) is 16.7. The molecule has 0 unspecified atom stereocenters. The summed E-state index contributed by atoms with van der Waals surface area (Å²) < 4.78 is 6.10. The number of amides is 1. The lowest BCUT2D eigenvalue weighted by Gasteiger charge is -2.14. The number of rotatable bonds is 9. The normalized spacial score (nSPS) is 12.0. The van der Waals surface area contributed by atoms with Gasteiger partial charge in [0.15, 0.2) is 5.16 Å². The highest BCUT2D eigenvalue weighted by Gasteiger charge is 2.15. The minimum Gasteiger partial charge on any atom is -0.469 e. The Kier molecular flexibility index (Phi) is 7.84. The van der Waals surface area contributed by atoms with Crippen LogP contribution in [-0.4, -0.2) is 40.3 Å². The number of esters is 1. The molecule has 1 atom stereocenters. The van der Waals surface area contributed by atoms with Gasteiger partial charge in [-0.1, -0.05) is 37.2 Å². The van der Waals surface area contributed by atoms with Crippen molar-refractivity contribution in [3.63, 3.8) is 0 Å². The standard InChI is InChI=1S/C19H25N3O4S/c1-4-7-13(2)20-16(23)12-27-19-21-15-9-6-5-8-14(15)18(25)22(19)11-10-17(24)26-3/h5-6,8-9,13H,4,7,10-12H2,1-3H3,(H,20,23)/t13-/m1/s1. The van der Waals surface area contributed by atoms with E-state index < -0.39 is 5.97 Å². The topological polar surface area (TPSA) is 90.3 Å². The van der Waals surface area contributed by atoms with E-state index in [2.05, 4.69) is 22.0 Å². The molecule has 0 aliphatic carbocycles. The average molecular weight is 391 g/mol. The van der Waals surface area contributed by atoms with Crippen LogP contribution in [0.15, 0.2) is 34.2 Å². The van der Waals surface area contributed by atoms with Crippen LogP contribution in [0.25, 0.3) is 10.9 Å². The van der Waals surface area contributed by atoms with Crippen molar-refractivity contribution in [2.24, 2.45) is 0 Å². The number of thioether (sulfide) groups is 1. The average Bonchev–Trinajstić information content (AvgIpc) is 2.65. The number of para-hydroxylation sites is 1. The van der Waals surface area contributed by atoms with Crippen molar-refractivity contribution in [3.8, 4) is 0 Å². The molecule has 7 nitrogen and oxygen atoms in total. The fraction of sp³-hybridized carbons (Fsp3) is 0.474. The van der Waals surface area contributed by atoms with E-state index in [0.29, 0.717) is 16.1 Å². The molecule has 0 spiro atoms.